The van der Waals surface area contributed by atoms with Gasteiger partial charge in [0.1, 0.15) is 0 Å². The van der Waals surface area contributed by atoms with Gasteiger partial charge in [-0.2, -0.15) is 0 Å². The lowest BCUT2D eigenvalue weighted by Gasteiger charge is -2.30. The Morgan fingerprint density at radius 1 is 0.346 bits per heavy atom. The number of hydrogen-bond donors (Lipinski definition) is 0. The number of benzene rings is 9. The van der Waals surface area contributed by atoms with Crippen LogP contribution in [0, 0.1) is 0 Å². The molecule has 246 valence electrons. The van der Waals surface area contributed by atoms with Gasteiger partial charge in [-0.1, -0.05) is 159 Å². The fourth-order valence-electron chi connectivity index (χ4n) is 8.63. The molecular weight excluding hydrogens is 627 g/mol. The SMILES string of the molecule is CC1(C)c2ccccc2-c2ccc(N(c3cccc(-c4cc5ccccc5c5ccccc45)c3)c3ccccc3-c3ccc4ccccc4c3)cc21. The molecule has 0 N–H and O–H groups in total. The van der Waals surface area contributed by atoms with E-state index in [0.717, 1.165) is 17.1 Å². The predicted molar refractivity (Wildman–Crippen MR) is 222 cm³/mol. The monoisotopic (exact) mass is 663 g/mol. The third-order valence-corrected chi connectivity index (χ3v) is 11.2. The minimum atomic E-state index is -0.114. The van der Waals surface area contributed by atoms with Crippen LogP contribution in [-0.2, 0) is 5.41 Å². The minimum Gasteiger partial charge on any atom is -0.310 e. The van der Waals surface area contributed by atoms with Gasteiger partial charge in [0, 0.05) is 22.4 Å². The van der Waals surface area contributed by atoms with Gasteiger partial charge in [0.15, 0.2) is 0 Å². The zero-order valence-electron chi connectivity index (χ0n) is 29.3. The van der Waals surface area contributed by atoms with Gasteiger partial charge in [0.25, 0.3) is 0 Å². The molecule has 1 aliphatic carbocycles. The van der Waals surface area contributed by atoms with Crippen molar-refractivity contribution < 1.29 is 0 Å². The highest BCUT2D eigenvalue weighted by Crippen LogP contribution is 2.51. The molecule has 0 atom stereocenters. The third-order valence-electron chi connectivity index (χ3n) is 11.2. The molecule has 0 radical (unpaired) electrons. The van der Waals surface area contributed by atoms with Gasteiger partial charge in [-0.05, 0) is 114 Å². The normalized spacial score (nSPS) is 13.0. The lowest BCUT2D eigenvalue weighted by Crippen LogP contribution is -2.17. The van der Waals surface area contributed by atoms with Crippen molar-refractivity contribution in [1.82, 2.24) is 0 Å². The second-order valence-corrected chi connectivity index (χ2v) is 14.6. The molecule has 1 aliphatic rings. The van der Waals surface area contributed by atoms with Crippen LogP contribution < -0.4 is 4.90 Å². The molecule has 1 heteroatoms. The zero-order chi connectivity index (χ0) is 34.8. The molecule has 0 saturated carbocycles. The van der Waals surface area contributed by atoms with Crippen molar-refractivity contribution in [2.45, 2.75) is 19.3 Å². The van der Waals surface area contributed by atoms with E-state index in [9.17, 15) is 0 Å². The van der Waals surface area contributed by atoms with Crippen LogP contribution in [0.4, 0.5) is 17.1 Å². The van der Waals surface area contributed by atoms with Crippen molar-refractivity contribution in [3.05, 3.63) is 199 Å². The van der Waals surface area contributed by atoms with Gasteiger partial charge in [0.2, 0.25) is 0 Å². The average Bonchev–Trinajstić information content (AvgIpc) is 3.43. The fraction of sp³-hybridized carbons (Fsp3) is 0.0588. The van der Waals surface area contributed by atoms with Crippen molar-refractivity contribution in [3.63, 3.8) is 0 Å². The molecule has 0 heterocycles. The molecule has 0 aromatic heterocycles. The van der Waals surface area contributed by atoms with E-state index < -0.39 is 0 Å². The molecule has 0 spiro atoms. The van der Waals surface area contributed by atoms with Crippen LogP contribution in [0.25, 0.3) is 65.7 Å². The lowest BCUT2D eigenvalue weighted by atomic mass is 9.82. The molecule has 0 amide bonds. The highest BCUT2D eigenvalue weighted by atomic mass is 15.1. The Kier molecular flexibility index (Phi) is 6.91. The van der Waals surface area contributed by atoms with E-state index in [0.29, 0.717) is 0 Å². The molecule has 0 aliphatic heterocycles. The van der Waals surface area contributed by atoms with Crippen molar-refractivity contribution in [3.8, 4) is 33.4 Å². The molecular formula is C51H37N. The highest BCUT2D eigenvalue weighted by molar-refractivity contribution is 6.14. The molecule has 0 bridgehead atoms. The standard InChI is InChI=1S/C51H37N/c1-51(2)48-24-11-9-23-45(48)46-29-28-40(33-49(46)51)52(50-25-12-10-20-42(50)38-27-26-34-14-3-4-15-35(34)30-38)39-18-13-17-36(31-39)47-32-37-16-5-6-19-41(37)43-21-7-8-22-44(43)47/h3-33H,1-2H3. The number of rotatable bonds is 5. The lowest BCUT2D eigenvalue weighted by molar-refractivity contribution is 0.660. The summed E-state index contributed by atoms with van der Waals surface area (Å²) in [4.78, 5) is 2.47. The molecule has 0 unspecified atom stereocenters. The Labute approximate surface area is 305 Å². The van der Waals surface area contributed by atoms with Crippen molar-refractivity contribution >= 4 is 49.4 Å². The number of hydrogen-bond acceptors (Lipinski definition) is 1. The minimum absolute atomic E-state index is 0.114. The maximum atomic E-state index is 2.47. The Hall–Kier alpha value is -6.44. The summed E-state index contributed by atoms with van der Waals surface area (Å²) in [5.41, 5.74) is 13.5. The first-order valence-corrected chi connectivity index (χ1v) is 18.2. The Bertz CT molecular complexity index is 2840. The topological polar surface area (TPSA) is 3.24 Å². The molecule has 1 nitrogen and oxygen atoms in total. The van der Waals surface area contributed by atoms with E-state index in [4.69, 9.17) is 0 Å². The summed E-state index contributed by atoms with van der Waals surface area (Å²) in [6.45, 7) is 4.72. The van der Waals surface area contributed by atoms with Gasteiger partial charge in [-0.15, -0.1) is 0 Å². The summed E-state index contributed by atoms with van der Waals surface area (Å²) in [7, 11) is 0. The first-order valence-electron chi connectivity index (χ1n) is 18.2. The summed E-state index contributed by atoms with van der Waals surface area (Å²) in [6, 6.07) is 69.3. The van der Waals surface area contributed by atoms with E-state index in [-0.39, 0.29) is 5.41 Å². The van der Waals surface area contributed by atoms with Crippen LogP contribution >= 0.6 is 0 Å². The summed E-state index contributed by atoms with van der Waals surface area (Å²) >= 11 is 0. The summed E-state index contributed by atoms with van der Waals surface area (Å²) in [5, 5.41) is 7.56. The van der Waals surface area contributed by atoms with Crippen LogP contribution in [0.3, 0.4) is 0 Å². The smallest absolute Gasteiger partial charge is 0.0540 e. The maximum Gasteiger partial charge on any atom is 0.0540 e. The fourth-order valence-corrected chi connectivity index (χ4v) is 8.63. The van der Waals surface area contributed by atoms with Crippen LogP contribution in [0.1, 0.15) is 25.0 Å². The second kappa shape index (κ2) is 11.8. The quantitative estimate of drug-likeness (QED) is 0.166. The van der Waals surface area contributed by atoms with Crippen LogP contribution in [0.2, 0.25) is 0 Å². The maximum absolute atomic E-state index is 2.47. The largest absolute Gasteiger partial charge is 0.310 e. The summed E-state index contributed by atoms with van der Waals surface area (Å²) in [6.07, 6.45) is 0. The van der Waals surface area contributed by atoms with E-state index in [2.05, 4.69) is 207 Å². The Morgan fingerprint density at radius 2 is 0.981 bits per heavy atom. The summed E-state index contributed by atoms with van der Waals surface area (Å²) < 4.78 is 0. The van der Waals surface area contributed by atoms with Gasteiger partial charge >= 0.3 is 0 Å². The predicted octanol–water partition coefficient (Wildman–Crippen LogP) is 14.3. The third kappa shape index (κ3) is 4.77. The van der Waals surface area contributed by atoms with Gasteiger partial charge in [-0.3, -0.25) is 0 Å². The van der Waals surface area contributed by atoms with Crippen LogP contribution in [0.15, 0.2) is 188 Å². The Morgan fingerprint density at radius 3 is 1.85 bits per heavy atom. The van der Waals surface area contributed by atoms with E-state index in [1.165, 1.54) is 76.8 Å². The van der Waals surface area contributed by atoms with Crippen LogP contribution in [-0.4, -0.2) is 0 Å². The zero-order valence-corrected chi connectivity index (χ0v) is 29.3. The van der Waals surface area contributed by atoms with Crippen molar-refractivity contribution in [1.29, 1.82) is 0 Å². The number of para-hydroxylation sites is 1. The van der Waals surface area contributed by atoms with E-state index >= 15 is 0 Å². The van der Waals surface area contributed by atoms with Gasteiger partial charge in [0.05, 0.1) is 5.69 Å². The van der Waals surface area contributed by atoms with E-state index in [1.807, 2.05) is 0 Å². The number of fused-ring (bicyclic) bond motifs is 7. The summed E-state index contributed by atoms with van der Waals surface area (Å²) in [5.74, 6) is 0. The van der Waals surface area contributed by atoms with Crippen LogP contribution in [0.5, 0.6) is 0 Å². The van der Waals surface area contributed by atoms with Gasteiger partial charge in [-0.25, -0.2) is 0 Å². The number of nitrogens with zero attached hydrogens (tertiary/aromatic N) is 1. The molecule has 52 heavy (non-hydrogen) atoms. The Balaban J connectivity index is 1.20. The molecule has 9 aromatic carbocycles. The van der Waals surface area contributed by atoms with Gasteiger partial charge < -0.3 is 4.90 Å². The second-order valence-electron chi connectivity index (χ2n) is 14.6. The number of anilines is 3. The molecule has 10 rings (SSSR count). The molecule has 9 aromatic rings. The molecule has 0 fully saturated rings. The van der Waals surface area contributed by atoms with Crippen molar-refractivity contribution in [2.75, 3.05) is 4.90 Å². The first-order chi connectivity index (χ1) is 25.5. The first kappa shape index (κ1) is 30.4. The van der Waals surface area contributed by atoms with E-state index in [1.54, 1.807) is 0 Å². The molecule has 0 saturated heterocycles. The highest BCUT2D eigenvalue weighted by Gasteiger charge is 2.36. The van der Waals surface area contributed by atoms with Crippen molar-refractivity contribution in [2.24, 2.45) is 0 Å². The average molecular weight is 664 g/mol.